The van der Waals surface area contributed by atoms with Gasteiger partial charge in [0.15, 0.2) is 0 Å². The van der Waals surface area contributed by atoms with E-state index < -0.39 is 0 Å². The Bertz CT molecular complexity index is 623. The molecule has 2 amide bonds. The number of halogens is 1. The lowest BCUT2D eigenvalue weighted by Crippen LogP contribution is -2.24. The van der Waals surface area contributed by atoms with Crippen LogP contribution in [-0.2, 0) is 0 Å². The molecule has 0 saturated heterocycles. The maximum Gasteiger partial charge on any atom is 0.324 e. The Kier molecular flexibility index (Phi) is 4.90. The molecular weight excluding hydrogens is 318 g/mol. The molecule has 102 valence electrons. The third-order valence-corrected chi connectivity index (χ3v) is 3.02. The third kappa shape index (κ3) is 4.51. The highest BCUT2D eigenvalue weighted by Crippen LogP contribution is 2.12. The summed E-state index contributed by atoms with van der Waals surface area (Å²) in [4.78, 5) is 15.7. The van der Waals surface area contributed by atoms with Crippen molar-refractivity contribution in [2.75, 3.05) is 5.32 Å². The third-order valence-electron chi connectivity index (χ3n) is 2.53. The van der Waals surface area contributed by atoms with Crippen LogP contribution in [0.2, 0.25) is 0 Å². The van der Waals surface area contributed by atoms with Crippen LogP contribution in [0.5, 0.6) is 0 Å². The fraction of sp³-hybridized carbons (Fsp3) is 0.0667. The zero-order valence-corrected chi connectivity index (χ0v) is 12.5. The zero-order chi connectivity index (χ0) is 14.4. The number of carbonyl (C=O) groups is 1. The summed E-state index contributed by atoms with van der Waals surface area (Å²) >= 11 is 3.32. The van der Waals surface area contributed by atoms with E-state index in [-0.39, 0.29) is 6.03 Å². The van der Waals surface area contributed by atoms with E-state index in [0.29, 0.717) is 5.82 Å². The molecule has 2 N–H and O–H groups in total. The van der Waals surface area contributed by atoms with Gasteiger partial charge in [0.25, 0.3) is 0 Å². The first-order valence-corrected chi connectivity index (χ1v) is 6.85. The summed E-state index contributed by atoms with van der Waals surface area (Å²) in [7, 11) is 0. The Morgan fingerprint density at radius 3 is 2.70 bits per heavy atom. The number of nitrogens with one attached hydrogen (secondary N) is 2. The Morgan fingerprint density at radius 1 is 1.25 bits per heavy atom. The summed E-state index contributed by atoms with van der Waals surface area (Å²) in [5.41, 5.74) is 2.23. The van der Waals surface area contributed by atoms with Crippen molar-refractivity contribution in [1.29, 1.82) is 0 Å². The number of anilines is 1. The molecular formula is C15H14BrN3O. The van der Waals surface area contributed by atoms with Crippen molar-refractivity contribution in [1.82, 2.24) is 10.3 Å². The summed E-state index contributed by atoms with van der Waals surface area (Å²) in [6, 6.07) is 11.2. The first kappa shape index (κ1) is 14.3. The number of carbonyl (C=O) groups excluding carboxylic acids is 1. The predicted molar refractivity (Wildman–Crippen MR) is 84.3 cm³/mol. The van der Waals surface area contributed by atoms with Crippen LogP contribution in [-0.4, -0.2) is 11.0 Å². The van der Waals surface area contributed by atoms with Crippen LogP contribution >= 0.6 is 15.9 Å². The molecule has 0 saturated carbocycles. The van der Waals surface area contributed by atoms with E-state index in [1.807, 2.05) is 37.3 Å². The molecule has 0 atom stereocenters. The molecule has 0 spiro atoms. The van der Waals surface area contributed by atoms with Crippen LogP contribution in [0.25, 0.3) is 6.08 Å². The van der Waals surface area contributed by atoms with E-state index >= 15 is 0 Å². The van der Waals surface area contributed by atoms with Crippen molar-refractivity contribution in [3.05, 3.63) is 64.4 Å². The molecule has 0 bridgehead atoms. The molecule has 20 heavy (non-hydrogen) atoms. The molecule has 0 aliphatic heterocycles. The van der Waals surface area contributed by atoms with Gasteiger partial charge in [-0.25, -0.2) is 9.78 Å². The second-order valence-corrected chi connectivity index (χ2v) is 5.12. The normalized spacial score (nSPS) is 10.5. The molecule has 0 radical (unpaired) electrons. The standard InChI is InChI=1S/C15H14BrN3O/c1-11-2-4-12(5-3-11)6-8-18-15(20)19-14-10-13(16)7-9-17-14/h2-10H,1H3,(H2,17,18,19,20)/b8-6+. The summed E-state index contributed by atoms with van der Waals surface area (Å²) < 4.78 is 0.859. The summed E-state index contributed by atoms with van der Waals surface area (Å²) in [5, 5.41) is 5.26. The number of hydrogen-bond acceptors (Lipinski definition) is 2. The Labute approximate surface area is 126 Å². The molecule has 2 rings (SSSR count). The van der Waals surface area contributed by atoms with Gasteiger partial charge in [-0.2, -0.15) is 0 Å². The number of urea groups is 1. The number of aryl methyl sites for hydroxylation is 1. The molecule has 0 unspecified atom stereocenters. The van der Waals surface area contributed by atoms with E-state index in [9.17, 15) is 4.79 Å². The second kappa shape index (κ2) is 6.86. The lowest BCUT2D eigenvalue weighted by molar-refractivity contribution is 0.255. The zero-order valence-electron chi connectivity index (χ0n) is 10.9. The molecule has 1 heterocycles. The van der Waals surface area contributed by atoms with E-state index in [4.69, 9.17) is 0 Å². The lowest BCUT2D eigenvalue weighted by Gasteiger charge is -2.03. The fourth-order valence-corrected chi connectivity index (χ4v) is 1.85. The summed E-state index contributed by atoms with van der Waals surface area (Å²) in [5.74, 6) is 0.487. The number of hydrogen-bond donors (Lipinski definition) is 2. The Hall–Kier alpha value is -2.14. The first-order chi connectivity index (χ1) is 9.63. The Balaban J connectivity index is 1.87. The van der Waals surface area contributed by atoms with Gasteiger partial charge in [0, 0.05) is 16.9 Å². The monoisotopic (exact) mass is 331 g/mol. The van der Waals surface area contributed by atoms with Gasteiger partial charge in [-0.05, 0) is 30.7 Å². The van der Waals surface area contributed by atoms with Crippen LogP contribution in [0, 0.1) is 6.92 Å². The van der Waals surface area contributed by atoms with Gasteiger partial charge in [-0.1, -0.05) is 45.8 Å². The average Bonchev–Trinajstić information content (AvgIpc) is 2.41. The maximum atomic E-state index is 11.6. The number of rotatable bonds is 3. The molecule has 1 aromatic heterocycles. The molecule has 5 heteroatoms. The molecule has 4 nitrogen and oxygen atoms in total. The minimum Gasteiger partial charge on any atom is -0.314 e. The number of benzene rings is 1. The second-order valence-electron chi connectivity index (χ2n) is 4.20. The lowest BCUT2D eigenvalue weighted by atomic mass is 10.1. The van der Waals surface area contributed by atoms with Crippen molar-refractivity contribution in [2.24, 2.45) is 0 Å². The van der Waals surface area contributed by atoms with Gasteiger partial charge >= 0.3 is 6.03 Å². The van der Waals surface area contributed by atoms with Gasteiger partial charge in [-0.3, -0.25) is 5.32 Å². The van der Waals surface area contributed by atoms with Gasteiger partial charge in [0.2, 0.25) is 0 Å². The first-order valence-electron chi connectivity index (χ1n) is 6.06. The van der Waals surface area contributed by atoms with Gasteiger partial charge in [0.1, 0.15) is 5.82 Å². The van der Waals surface area contributed by atoms with Crippen LogP contribution in [0.3, 0.4) is 0 Å². The average molecular weight is 332 g/mol. The smallest absolute Gasteiger partial charge is 0.314 e. The van der Waals surface area contributed by atoms with E-state index in [2.05, 4.69) is 31.5 Å². The Morgan fingerprint density at radius 2 is 2.00 bits per heavy atom. The molecule has 2 aromatic rings. The number of pyridine rings is 1. The number of aromatic nitrogens is 1. The van der Waals surface area contributed by atoms with Crippen molar-refractivity contribution in [3.63, 3.8) is 0 Å². The number of amides is 2. The maximum absolute atomic E-state index is 11.6. The topological polar surface area (TPSA) is 54.0 Å². The summed E-state index contributed by atoms with van der Waals surface area (Å²) in [6.07, 6.45) is 5.03. The van der Waals surface area contributed by atoms with Crippen molar-refractivity contribution >= 4 is 33.9 Å². The van der Waals surface area contributed by atoms with Crippen LogP contribution in [0.1, 0.15) is 11.1 Å². The van der Waals surface area contributed by atoms with Gasteiger partial charge in [-0.15, -0.1) is 0 Å². The highest BCUT2D eigenvalue weighted by Gasteiger charge is 2.00. The molecule has 0 aliphatic carbocycles. The highest BCUT2D eigenvalue weighted by molar-refractivity contribution is 9.10. The van der Waals surface area contributed by atoms with Gasteiger partial charge in [0.05, 0.1) is 0 Å². The minimum absolute atomic E-state index is 0.334. The number of nitrogens with zero attached hydrogens (tertiary/aromatic N) is 1. The van der Waals surface area contributed by atoms with E-state index in [0.717, 1.165) is 10.0 Å². The molecule has 0 aliphatic rings. The quantitative estimate of drug-likeness (QED) is 0.894. The van der Waals surface area contributed by atoms with E-state index in [1.165, 1.54) is 5.56 Å². The molecule has 0 fully saturated rings. The van der Waals surface area contributed by atoms with Crippen molar-refractivity contribution in [3.8, 4) is 0 Å². The SMILES string of the molecule is Cc1ccc(/C=C/NC(=O)Nc2cc(Br)ccn2)cc1. The van der Waals surface area contributed by atoms with Crippen molar-refractivity contribution < 1.29 is 4.79 Å². The van der Waals surface area contributed by atoms with Crippen LogP contribution in [0.15, 0.2) is 53.3 Å². The largest absolute Gasteiger partial charge is 0.324 e. The van der Waals surface area contributed by atoms with Crippen molar-refractivity contribution in [2.45, 2.75) is 6.92 Å². The summed E-state index contributed by atoms with van der Waals surface area (Å²) in [6.45, 7) is 2.03. The highest BCUT2D eigenvalue weighted by atomic mass is 79.9. The predicted octanol–water partition coefficient (Wildman–Crippen LogP) is 3.94. The molecule has 1 aromatic carbocycles. The van der Waals surface area contributed by atoms with E-state index in [1.54, 1.807) is 24.5 Å². The van der Waals surface area contributed by atoms with Crippen LogP contribution < -0.4 is 10.6 Å². The van der Waals surface area contributed by atoms with Crippen LogP contribution in [0.4, 0.5) is 10.6 Å². The fourth-order valence-electron chi connectivity index (χ4n) is 1.52. The van der Waals surface area contributed by atoms with Gasteiger partial charge < -0.3 is 5.32 Å². The minimum atomic E-state index is -0.334.